The zero-order valence-corrected chi connectivity index (χ0v) is 7.07. The zero-order valence-electron chi connectivity index (χ0n) is 7.07. The molecular weight excluding hydrogens is 167 g/mol. The first kappa shape index (κ1) is 11.2. The summed E-state index contributed by atoms with van der Waals surface area (Å²) in [6, 6.07) is 0. The third kappa shape index (κ3) is 4.18. The van der Waals surface area contributed by atoms with Crippen molar-refractivity contribution < 1.29 is 13.2 Å². The van der Waals surface area contributed by atoms with E-state index in [-0.39, 0.29) is 6.54 Å². The number of hydrogen-bond donors (Lipinski definition) is 1. The number of hydrogen-bond acceptors (Lipinski definition) is 1. The highest BCUT2D eigenvalue weighted by atomic mass is 19.4. The molecule has 0 saturated carbocycles. The van der Waals surface area contributed by atoms with Gasteiger partial charge in [-0.15, -0.1) is 0 Å². The van der Waals surface area contributed by atoms with E-state index in [2.05, 4.69) is 5.32 Å². The number of halogens is 3. The van der Waals surface area contributed by atoms with E-state index in [9.17, 15) is 13.2 Å². The molecule has 0 aliphatic carbocycles. The van der Waals surface area contributed by atoms with Crippen LogP contribution in [0.5, 0.6) is 0 Å². The summed E-state index contributed by atoms with van der Waals surface area (Å²) < 4.78 is 36.2. The maximum atomic E-state index is 12.1. The lowest BCUT2D eigenvalue weighted by atomic mass is 10.2. The van der Waals surface area contributed by atoms with Crippen molar-refractivity contribution >= 4 is 0 Å². The predicted molar refractivity (Wildman–Crippen MR) is 42.9 cm³/mol. The maximum Gasteiger partial charge on any atom is 0.416 e. The summed E-state index contributed by atoms with van der Waals surface area (Å²) in [5.41, 5.74) is -0.612. The molecule has 0 atom stereocenters. The van der Waals surface area contributed by atoms with E-state index in [0.717, 1.165) is 12.2 Å². The Kier molecular flexibility index (Phi) is 4.66. The van der Waals surface area contributed by atoms with E-state index in [1.807, 2.05) is 0 Å². The van der Waals surface area contributed by atoms with Gasteiger partial charge in [0.1, 0.15) is 0 Å². The molecule has 12 heavy (non-hydrogen) atoms. The predicted octanol–water partition coefficient (Wildman–Crippen LogP) is 2.27. The third-order valence-corrected chi connectivity index (χ3v) is 1.20. The maximum absolute atomic E-state index is 12.1. The summed E-state index contributed by atoms with van der Waals surface area (Å²) in [6.45, 7) is 1.78. The van der Waals surface area contributed by atoms with Gasteiger partial charge in [0.2, 0.25) is 0 Å². The van der Waals surface area contributed by atoms with Gasteiger partial charge in [0.15, 0.2) is 0 Å². The van der Waals surface area contributed by atoms with E-state index in [0.29, 0.717) is 0 Å². The van der Waals surface area contributed by atoms with Gasteiger partial charge in [-0.05, 0) is 14.0 Å². The minimum Gasteiger partial charge on any atom is -0.316 e. The average Bonchev–Trinajstić information content (AvgIpc) is 1.95. The molecule has 0 saturated heterocycles. The molecule has 0 amide bonds. The fraction of sp³-hybridized carbons (Fsp3) is 0.500. The molecule has 4 heteroatoms. The van der Waals surface area contributed by atoms with Crippen molar-refractivity contribution in [1.29, 1.82) is 0 Å². The Morgan fingerprint density at radius 2 is 2.00 bits per heavy atom. The monoisotopic (exact) mass is 179 g/mol. The standard InChI is InChI=1S/C8H12F3N/c1-3-4-7(5-6-12-2)8(9,10)11/h3-5,12H,6H2,1-2H3/b4-3-,7-5+. The molecule has 70 valence electrons. The highest BCUT2D eigenvalue weighted by Crippen LogP contribution is 2.26. The second-order valence-electron chi connectivity index (χ2n) is 2.21. The first-order chi connectivity index (χ1) is 5.52. The Labute approximate surface area is 70.0 Å². The molecule has 0 aromatic heterocycles. The lowest BCUT2D eigenvalue weighted by Crippen LogP contribution is -2.13. The fourth-order valence-corrected chi connectivity index (χ4v) is 0.670. The largest absolute Gasteiger partial charge is 0.416 e. The van der Waals surface area contributed by atoms with Gasteiger partial charge in [0, 0.05) is 6.54 Å². The molecular formula is C8H12F3N. The summed E-state index contributed by atoms with van der Waals surface area (Å²) >= 11 is 0. The van der Waals surface area contributed by atoms with Crippen LogP contribution in [0.3, 0.4) is 0 Å². The highest BCUT2D eigenvalue weighted by molar-refractivity contribution is 5.23. The van der Waals surface area contributed by atoms with Gasteiger partial charge < -0.3 is 5.32 Å². The van der Waals surface area contributed by atoms with Gasteiger partial charge in [-0.25, -0.2) is 0 Å². The lowest BCUT2D eigenvalue weighted by Gasteiger charge is -2.06. The quantitative estimate of drug-likeness (QED) is 0.655. The zero-order chi connectivity index (χ0) is 9.61. The van der Waals surface area contributed by atoms with Crippen LogP contribution in [0.25, 0.3) is 0 Å². The topological polar surface area (TPSA) is 12.0 Å². The molecule has 0 bridgehead atoms. The molecule has 1 nitrogen and oxygen atoms in total. The van der Waals surface area contributed by atoms with E-state index in [1.54, 1.807) is 14.0 Å². The Morgan fingerprint density at radius 3 is 2.33 bits per heavy atom. The minimum absolute atomic E-state index is 0.221. The summed E-state index contributed by atoms with van der Waals surface area (Å²) in [5, 5.41) is 2.62. The summed E-state index contributed by atoms with van der Waals surface area (Å²) in [7, 11) is 1.60. The number of alkyl halides is 3. The molecule has 0 aliphatic heterocycles. The van der Waals surface area contributed by atoms with Crippen LogP contribution in [-0.4, -0.2) is 19.8 Å². The molecule has 0 aromatic rings. The van der Waals surface area contributed by atoms with Crippen LogP contribution in [0.4, 0.5) is 13.2 Å². The molecule has 0 heterocycles. The van der Waals surface area contributed by atoms with Crippen LogP contribution in [0.1, 0.15) is 6.92 Å². The van der Waals surface area contributed by atoms with Crippen molar-refractivity contribution in [3.8, 4) is 0 Å². The van der Waals surface area contributed by atoms with Crippen LogP contribution >= 0.6 is 0 Å². The molecule has 0 radical (unpaired) electrons. The van der Waals surface area contributed by atoms with Crippen molar-refractivity contribution in [2.24, 2.45) is 0 Å². The van der Waals surface area contributed by atoms with Gasteiger partial charge in [-0.1, -0.05) is 18.2 Å². The van der Waals surface area contributed by atoms with Gasteiger partial charge >= 0.3 is 6.18 Å². The van der Waals surface area contributed by atoms with Gasteiger partial charge in [0.05, 0.1) is 5.57 Å². The van der Waals surface area contributed by atoms with Crippen molar-refractivity contribution in [1.82, 2.24) is 5.32 Å². The van der Waals surface area contributed by atoms with E-state index in [1.165, 1.54) is 6.08 Å². The van der Waals surface area contributed by atoms with E-state index < -0.39 is 11.7 Å². The van der Waals surface area contributed by atoms with Gasteiger partial charge in [0.25, 0.3) is 0 Å². The summed E-state index contributed by atoms with van der Waals surface area (Å²) in [4.78, 5) is 0. The Hall–Kier alpha value is -0.770. The van der Waals surface area contributed by atoms with Crippen LogP contribution < -0.4 is 5.32 Å². The first-order valence-corrected chi connectivity index (χ1v) is 3.57. The number of allylic oxidation sites excluding steroid dienone is 3. The average molecular weight is 179 g/mol. The Bertz CT molecular complexity index is 179. The Balaban J connectivity index is 4.44. The summed E-state index contributed by atoms with van der Waals surface area (Å²) in [6.07, 6.45) is -0.713. The van der Waals surface area contributed by atoms with Gasteiger partial charge in [-0.2, -0.15) is 13.2 Å². The SMILES string of the molecule is C/C=C\C(=C/CNC)C(F)(F)F. The summed E-state index contributed by atoms with van der Waals surface area (Å²) in [5.74, 6) is 0. The number of rotatable bonds is 3. The molecule has 0 unspecified atom stereocenters. The van der Waals surface area contributed by atoms with Crippen LogP contribution in [-0.2, 0) is 0 Å². The van der Waals surface area contributed by atoms with Crippen molar-refractivity contribution in [2.75, 3.05) is 13.6 Å². The fourth-order valence-electron chi connectivity index (χ4n) is 0.670. The molecule has 0 spiro atoms. The van der Waals surface area contributed by atoms with Crippen LogP contribution in [0.15, 0.2) is 23.8 Å². The lowest BCUT2D eigenvalue weighted by molar-refractivity contribution is -0.0883. The van der Waals surface area contributed by atoms with Gasteiger partial charge in [-0.3, -0.25) is 0 Å². The van der Waals surface area contributed by atoms with Crippen LogP contribution in [0, 0.1) is 0 Å². The van der Waals surface area contributed by atoms with Crippen molar-refractivity contribution in [3.63, 3.8) is 0 Å². The molecule has 0 aliphatic rings. The second kappa shape index (κ2) is 4.98. The molecule has 0 rings (SSSR count). The van der Waals surface area contributed by atoms with E-state index >= 15 is 0 Å². The number of nitrogens with one attached hydrogen (secondary N) is 1. The van der Waals surface area contributed by atoms with Crippen LogP contribution in [0.2, 0.25) is 0 Å². The highest BCUT2D eigenvalue weighted by Gasteiger charge is 2.30. The molecule has 1 N–H and O–H groups in total. The first-order valence-electron chi connectivity index (χ1n) is 3.57. The third-order valence-electron chi connectivity index (χ3n) is 1.20. The Morgan fingerprint density at radius 1 is 1.42 bits per heavy atom. The molecule has 0 aromatic carbocycles. The smallest absolute Gasteiger partial charge is 0.316 e. The molecule has 0 fully saturated rings. The minimum atomic E-state index is -4.25. The normalized spacial score (nSPS) is 14.2. The second-order valence-corrected chi connectivity index (χ2v) is 2.21. The van der Waals surface area contributed by atoms with Crippen molar-refractivity contribution in [3.05, 3.63) is 23.8 Å². The van der Waals surface area contributed by atoms with Crippen molar-refractivity contribution in [2.45, 2.75) is 13.1 Å². The van der Waals surface area contributed by atoms with E-state index in [4.69, 9.17) is 0 Å². The number of likely N-dealkylation sites (N-methyl/N-ethyl adjacent to an activating group) is 1.